The van der Waals surface area contributed by atoms with Gasteiger partial charge in [0.05, 0.1) is 18.5 Å². The quantitative estimate of drug-likeness (QED) is 0.658. The van der Waals surface area contributed by atoms with Crippen molar-refractivity contribution < 1.29 is 9.84 Å². The van der Waals surface area contributed by atoms with Gasteiger partial charge in [-0.2, -0.15) is 0 Å². The zero-order valence-electron chi connectivity index (χ0n) is 9.07. The van der Waals surface area contributed by atoms with Gasteiger partial charge in [-0.25, -0.2) is 0 Å². The lowest BCUT2D eigenvalue weighted by Crippen LogP contribution is -2.12. The molecule has 0 aliphatic carbocycles. The van der Waals surface area contributed by atoms with Crippen LogP contribution in [0.1, 0.15) is 19.0 Å². The van der Waals surface area contributed by atoms with Crippen LogP contribution in [0, 0.1) is 0 Å². The van der Waals surface area contributed by atoms with Crippen molar-refractivity contribution in [3.63, 3.8) is 0 Å². The van der Waals surface area contributed by atoms with Crippen LogP contribution in [0.25, 0.3) is 0 Å². The van der Waals surface area contributed by atoms with Gasteiger partial charge in [0.2, 0.25) is 0 Å². The molecule has 0 unspecified atom stereocenters. The fourth-order valence-electron chi connectivity index (χ4n) is 1.11. The van der Waals surface area contributed by atoms with E-state index in [9.17, 15) is 0 Å². The zero-order valence-corrected chi connectivity index (χ0v) is 9.07. The number of hydrogen-bond donors (Lipinski definition) is 2. The summed E-state index contributed by atoms with van der Waals surface area (Å²) in [4.78, 5) is 4.24. The monoisotopic (exact) mass is 210 g/mol. The number of rotatable bonds is 7. The molecule has 2 N–H and O–H groups in total. The van der Waals surface area contributed by atoms with Crippen LogP contribution in [0.4, 0.5) is 0 Å². The number of aromatic nitrogens is 1. The highest BCUT2D eigenvalue weighted by atomic mass is 16.5. The second-order valence-electron chi connectivity index (χ2n) is 3.19. The molecule has 0 saturated carbocycles. The van der Waals surface area contributed by atoms with E-state index in [0.29, 0.717) is 13.0 Å². The topological polar surface area (TPSA) is 54.4 Å². The van der Waals surface area contributed by atoms with E-state index in [4.69, 9.17) is 9.84 Å². The summed E-state index contributed by atoms with van der Waals surface area (Å²) >= 11 is 0. The molecule has 1 aromatic heterocycles. The predicted octanol–water partition coefficient (Wildman–Crippen LogP) is 0.952. The first-order valence-corrected chi connectivity index (χ1v) is 5.26. The van der Waals surface area contributed by atoms with Crippen molar-refractivity contribution in [1.29, 1.82) is 0 Å². The lowest BCUT2D eigenvalue weighted by molar-refractivity contribution is 0.233. The van der Waals surface area contributed by atoms with E-state index in [1.807, 2.05) is 12.1 Å². The number of aliphatic hydroxyl groups is 1. The van der Waals surface area contributed by atoms with Gasteiger partial charge in [-0.05, 0) is 18.7 Å². The van der Waals surface area contributed by atoms with Crippen molar-refractivity contribution in [3.05, 3.63) is 24.0 Å². The first kappa shape index (κ1) is 11.9. The second kappa shape index (κ2) is 7.20. The zero-order chi connectivity index (χ0) is 10.9. The molecule has 0 aliphatic rings. The van der Waals surface area contributed by atoms with E-state index in [-0.39, 0.29) is 6.61 Å². The molecular weight excluding hydrogens is 192 g/mol. The summed E-state index contributed by atoms with van der Waals surface area (Å²) in [6, 6.07) is 3.84. The van der Waals surface area contributed by atoms with Gasteiger partial charge in [0.15, 0.2) is 0 Å². The second-order valence-corrected chi connectivity index (χ2v) is 3.19. The maximum absolute atomic E-state index is 8.58. The SMILES string of the molecule is CCNCc1ccc(OCCCO)cn1. The third-order valence-corrected chi connectivity index (χ3v) is 1.92. The summed E-state index contributed by atoms with van der Waals surface area (Å²) in [5.74, 6) is 0.753. The molecular formula is C11H18N2O2. The van der Waals surface area contributed by atoms with Crippen LogP contribution in [0.3, 0.4) is 0 Å². The molecule has 4 nitrogen and oxygen atoms in total. The molecule has 0 aromatic carbocycles. The minimum atomic E-state index is 0.159. The van der Waals surface area contributed by atoms with Gasteiger partial charge in [-0.3, -0.25) is 4.98 Å². The molecule has 0 saturated heterocycles. The van der Waals surface area contributed by atoms with Gasteiger partial charge in [0, 0.05) is 19.6 Å². The van der Waals surface area contributed by atoms with Crippen LogP contribution in [0.2, 0.25) is 0 Å². The molecule has 0 fully saturated rings. The first-order valence-electron chi connectivity index (χ1n) is 5.26. The Labute approximate surface area is 90.3 Å². The van der Waals surface area contributed by atoms with E-state index in [1.54, 1.807) is 6.20 Å². The van der Waals surface area contributed by atoms with E-state index in [2.05, 4.69) is 17.2 Å². The average Bonchev–Trinajstić information content (AvgIpc) is 2.28. The molecule has 1 heterocycles. The number of ether oxygens (including phenoxy) is 1. The van der Waals surface area contributed by atoms with Gasteiger partial charge >= 0.3 is 0 Å². The minimum Gasteiger partial charge on any atom is -0.492 e. The summed E-state index contributed by atoms with van der Waals surface area (Å²) in [5.41, 5.74) is 1.01. The standard InChI is InChI=1S/C11H18N2O2/c1-2-12-8-10-4-5-11(9-13-10)15-7-3-6-14/h4-5,9,12,14H,2-3,6-8H2,1H3. The summed E-state index contributed by atoms with van der Waals surface area (Å²) in [6.45, 7) is 4.48. The van der Waals surface area contributed by atoms with Gasteiger partial charge < -0.3 is 15.2 Å². The minimum absolute atomic E-state index is 0.159. The Balaban J connectivity index is 2.35. The van der Waals surface area contributed by atoms with Crippen LogP contribution in [0.5, 0.6) is 5.75 Å². The normalized spacial score (nSPS) is 10.3. The molecule has 84 valence electrons. The molecule has 0 radical (unpaired) electrons. The Morgan fingerprint density at radius 1 is 1.47 bits per heavy atom. The number of hydrogen-bond acceptors (Lipinski definition) is 4. The van der Waals surface area contributed by atoms with Gasteiger partial charge in [0.25, 0.3) is 0 Å². The van der Waals surface area contributed by atoms with Gasteiger partial charge in [-0.1, -0.05) is 6.92 Å². The van der Waals surface area contributed by atoms with Crippen molar-refractivity contribution in [3.8, 4) is 5.75 Å². The van der Waals surface area contributed by atoms with Crippen molar-refractivity contribution >= 4 is 0 Å². The molecule has 1 rings (SSSR count). The molecule has 0 spiro atoms. The third-order valence-electron chi connectivity index (χ3n) is 1.92. The van der Waals surface area contributed by atoms with Crippen LogP contribution in [0.15, 0.2) is 18.3 Å². The Morgan fingerprint density at radius 3 is 2.93 bits per heavy atom. The highest BCUT2D eigenvalue weighted by Crippen LogP contribution is 2.09. The van der Waals surface area contributed by atoms with E-state index < -0.39 is 0 Å². The van der Waals surface area contributed by atoms with E-state index in [0.717, 1.165) is 24.5 Å². The fourth-order valence-corrected chi connectivity index (χ4v) is 1.11. The average molecular weight is 210 g/mol. The Kier molecular flexibility index (Phi) is 5.73. The predicted molar refractivity (Wildman–Crippen MR) is 58.8 cm³/mol. The summed E-state index contributed by atoms with van der Waals surface area (Å²) in [6.07, 6.45) is 2.36. The van der Waals surface area contributed by atoms with Gasteiger partial charge in [0.1, 0.15) is 5.75 Å². The highest BCUT2D eigenvalue weighted by molar-refractivity contribution is 5.19. The van der Waals surface area contributed by atoms with Crippen LogP contribution >= 0.6 is 0 Å². The number of nitrogens with one attached hydrogen (secondary N) is 1. The fraction of sp³-hybridized carbons (Fsp3) is 0.545. The van der Waals surface area contributed by atoms with Crippen LogP contribution < -0.4 is 10.1 Å². The Morgan fingerprint density at radius 2 is 2.33 bits per heavy atom. The third kappa shape index (κ3) is 4.76. The van der Waals surface area contributed by atoms with Gasteiger partial charge in [-0.15, -0.1) is 0 Å². The Hall–Kier alpha value is -1.13. The van der Waals surface area contributed by atoms with Crippen LogP contribution in [-0.4, -0.2) is 29.8 Å². The summed E-state index contributed by atoms with van der Waals surface area (Å²) in [7, 11) is 0. The van der Waals surface area contributed by atoms with Crippen molar-refractivity contribution in [2.75, 3.05) is 19.8 Å². The number of nitrogens with zero attached hydrogens (tertiary/aromatic N) is 1. The molecule has 4 heteroatoms. The van der Waals surface area contributed by atoms with Crippen molar-refractivity contribution in [2.24, 2.45) is 0 Å². The summed E-state index contributed by atoms with van der Waals surface area (Å²) in [5, 5.41) is 11.8. The molecule has 1 aromatic rings. The molecule has 15 heavy (non-hydrogen) atoms. The van der Waals surface area contributed by atoms with Crippen molar-refractivity contribution in [2.45, 2.75) is 19.9 Å². The number of pyridine rings is 1. The maximum Gasteiger partial charge on any atom is 0.137 e. The molecule has 0 atom stereocenters. The lowest BCUT2D eigenvalue weighted by atomic mass is 10.3. The highest BCUT2D eigenvalue weighted by Gasteiger charge is 1.96. The van der Waals surface area contributed by atoms with E-state index >= 15 is 0 Å². The molecule has 0 aliphatic heterocycles. The number of aliphatic hydroxyl groups excluding tert-OH is 1. The Bertz CT molecular complexity index is 262. The maximum atomic E-state index is 8.58. The van der Waals surface area contributed by atoms with E-state index in [1.165, 1.54) is 0 Å². The summed E-state index contributed by atoms with van der Waals surface area (Å²) < 4.78 is 5.36. The van der Waals surface area contributed by atoms with Crippen molar-refractivity contribution in [1.82, 2.24) is 10.3 Å². The molecule has 0 amide bonds. The lowest BCUT2D eigenvalue weighted by Gasteiger charge is -2.05. The smallest absolute Gasteiger partial charge is 0.137 e. The van der Waals surface area contributed by atoms with Crippen LogP contribution in [-0.2, 0) is 6.54 Å². The largest absolute Gasteiger partial charge is 0.492 e. The first-order chi connectivity index (χ1) is 7.36. The molecule has 0 bridgehead atoms.